The van der Waals surface area contributed by atoms with Crippen LogP contribution in [0.5, 0.6) is 0 Å². The Labute approximate surface area is 300 Å². The first-order valence-electron chi connectivity index (χ1n) is 18.0. The molecule has 2 saturated heterocycles. The van der Waals surface area contributed by atoms with Crippen molar-refractivity contribution < 1.29 is 28.8 Å². The average Bonchev–Trinajstić information content (AvgIpc) is 3.38. The van der Waals surface area contributed by atoms with E-state index in [4.69, 9.17) is 11.5 Å². The van der Waals surface area contributed by atoms with Gasteiger partial charge in [-0.1, -0.05) is 74.5 Å². The predicted molar refractivity (Wildman–Crippen MR) is 193 cm³/mol. The lowest BCUT2D eigenvalue weighted by Gasteiger charge is -2.38. The zero-order valence-corrected chi connectivity index (χ0v) is 29.7. The summed E-state index contributed by atoms with van der Waals surface area (Å²) in [5.41, 5.74) is 12.7. The largest absolute Gasteiger partial charge is 0.345 e. The summed E-state index contributed by atoms with van der Waals surface area (Å²) in [6, 6.07) is 15.5. The minimum Gasteiger partial charge on any atom is -0.345 e. The lowest BCUT2D eigenvalue weighted by molar-refractivity contribution is -0.141. The lowest BCUT2D eigenvalue weighted by Crippen LogP contribution is -2.58. The number of hydrogen-bond donors (Lipinski definition) is 6. The molecule has 2 heterocycles. The first-order chi connectivity index (χ1) is 24.4. The molecule has 8 N–H and O–H groups in total. The van der Waals surface area contributed by atoms with Crippen molar-refractivity contribution in [1.29, 1.82) is 0 Å². The highest BCUT2D eigenvalue weighted by atomic mass is 16.2. The van der Waals surface area contributed by atoms with Gasteiger partial charge in [-0.05, 0) is 75.0 Å². The topological polar surface area (TPSA) is 206 Å². The highest BCUT2D eigenvalue weighted by Gasteiger charge is 2.49. The van der Waals surface area contributed by atoms with E-state index in [1.165, 1.54) is 0 Å². The molecule has 2 aromatic carbocycles. The number of nitrogens with one attached hydrogen (secondary N) is 4. The van der Waals surface area contributed by atoms with Crippen LogP contribution in [0.3, 0.4) is 0 Å². The summed E-state index contributed by atoms with van der Waals surface area (Å²) in [6.45, 7) is 4.82. The van der Waals surface area contributed by atoms with E-state index in [1.54, 1.807) is 4.90 Å². The zero-order chi connectivity index (χ0) is 37.0. The number of urea groups is 1. The molecular weight excluding hydrogens is 650 g/mol. The highest BCUT2D eigenvalue weighted by molar-refractivity contribution is 6.07. The smallest absolute Gasteiger partial charge is 0.322 e. The third-order valence-corrected chi connectivity index (χ3v) is 9.70. The monoisotopic (exact) mass is 703 g/mol. The van der Waals surface area contributed by atoms with Gasteiger partial charge in [-0.3, -0.25) is 29.3 Å². The van der Waals surface area contributed by atoms with E-state index in [-0.39, 0.29) is 56.4 Å². The quantitative estimate of drug-likeness (QED) is 0.0994. The Bertz CT molecular complexity index is 1510. The minimum absolute atomic E-state index is 0.0625. The predicted octanol–water partition coefficient (Wildman–Crippen LogP) is 1.72. The first-order valence-corrected chi connectivity index (χ1v) is 18.0. The van der Waals surface area contributed by atoms with Crippen LogP contribution in [0.15, 0.2) is 60.7 Å². The summed E-state index contributed by atoms with van der Waals surface area (Å²) >= 11 is 0. The van der Waals surface area contributed by atoms with Crippen molar-refractivity contribution >= 4 is 35.4 Å². The molecule has 2 aromatic rings. The number of likely N-dealkylation sites (tertiary alicyclic amines) is 1. The molecule has 4 atom stereocenters. The van der Waals surface area contributed by atoms with Gasteiger partial charge >= 0.3 is 6.03 Å². The van der Waals surface area contributed by atoms with E-state index in [2.05, 4.69) is 21.3 Å². The second kappa shape index (κ2) is 18.6. The Balaban J connectivity index is 1.47. The zero-order valence-electron chi connectivity index (χ0n) is 29.7. The average molecular weight is 704 g/mol. The molecular formula is C38H53N7O6. The van der Waals surface area contributed by atoms with Crippen molar-refractivity contribution in [3.05, 3.63) is 71.8 Å². The lowest BCUT2D eigenvalue weighted by atomic mass is 9.87. The molecule has 13 nitrogen and oxygen atoms in total. The van der Waals surface area contributed by atoms with E-state index in [0.29, 0.717) is 38.6 Å². The number of carbonyl (C=O) groups excluding carboxylic acids is 6. The number of hydrogen-bond acceptors (Lipinski definition) is 8. The molecule has 13 heteroatoms. The normalized spacial score (nSPS) is 17.6. The van der Waals surface area contributed by atoms with Crippen LogP contribution in [0.4, 0.5) is 4.79 Å². The Kier molecular flexibility index (Phi) is 14.3. The number of nitrogens with zero attached hydrogens (tertiary/aromatic N) is 1. The van der Waals surface area contributed by atoms with Gasteiger partial charge in [0.25, 0.3) is 5.91 Å². The number of piperidine rings is 1. The van der Waals surface area contributed by atoms with Gasteiger partial charge < -0.3 is 32.3 Å². The van der Waals surface area contributed by atoms with E-state index in [1.807, 2.05) is 74.5 Å². The van der Waals surface area contributed by atoms with Crippen LogP contribution in [0.25, 0.3) is 0 Å². The number of Topliss-reactive ketones (excluding diaryl/α,β-unsaturated/α-hetero) is 1. The number of carbonyl (C=O) groups is 6. The molecule has 0 saturated carbocycles. The number of nitrogens with two attached hydrogens (primary N) is 2. The van der Waals surface area contributed by atoms with Crippen molar-refractivity contribution in [1.82, 2.24) is 26.2 Å². The molecule has 2 aliphatic heterocycles. The van der Waals surface area contributed by atoms with Crippen LogP contribution in [-0.2, 0) is 36.8 Å². The molecule has 0 bridgehead atoms. The number of ketones is 1. The van der Waals surface area contributed by atoms with Crippen LogP contribution in [0, 0.1) is 11.8 Å². The van der Waals surface area contributed by atoms with Crippen LogP contribution in [-0.4, -0.2) is 83.6 Å². The summed E-state index contributed by atoms with van der Waals surface area (Å²) < 4.78 is 0. The maximum absolute atomic E-state index is 14.0. The maximum Gasteiger partial charge on any atom is 0.322 e. The van der Waals surface area contributed by atoms with Gasteiger partial charge in [0.05, 0.1) is 12.1 Å². The third kappa shape index (κ3) is 11.2. The standard InChI is InChI=1S/C38H53N7O6/c1-25(2)21-28(24-32(46)31(23-27-13-7-4-8-14-27)42-34(48)29(40)22-26-11-5-3-6-12-26)33(47)41-30(15-9-10-18-39)35(49)45-19-16-38(17-20-45)36(50)43-37(51)44-38/h3-8,11-14,25,28-31H,9-10,15-24,39-40H2,1-2H3,(H,41,47)(H,42,48)(H2,43,44,50,51)/t28-,29+,30+,31+/m0/s1. The van der Waals surface area contributed by atoms with Crippen molar-refractivity contribution in [3.63, 3.8) is 0 Å². The van der Waals surface area contributed by atoms with Crippen molar-refractivity contribution in [3.8, 4) is 0 Å². The molecule has 0 radical (unpaired) electrons. The molecule has 0 aliphatic carbocycles. The molecule has 6 amide bonds. The van der Waals surface area contributed by atoms with Crippen LogP contribution in [0.2, 0.25) is 0 Å². The molecule has 4 rings (SSSR count). The van der Waals surface area contributed by atoms with Gasteiger partial charge in [-0.25, -0.2) is 4.79 Å². The van der Waals surface area contributed by atoms with E-state index in [9.17, 15) is 28.8 Å². The number of amides is 6. The number of benzene rings is 2. The Morgan fingerprint density at radius 2 is 1.43 bits per heavy atom. The molecule has 2 fully saturated rings. The van der Waals surface area contributed by atoms with E-state index in [0.717, 1.165) is 11.1 Å². The van der Waals surface area contributed by atoms with Gasteiger partial charge in [0.2, 0.25) is 17.7 Å². The van der Waals surface area contributed by atoms with Gasteiger partial charge in [0.15, 0.2) is 5.78 Å². The third-order valence-electron chi connectivity index (χ3n) is 9.70. The van der Waals surface area contributed by atoms with Gasteiger partial charge in [-0.2, -0.15) is 0 Å². The van der Waals surface area contributed by atoms with Crippen LogP contribution < -0.4 is 32.7 Å². The summed E-state index contributed by atoms with van der Waals surface area (Å²) in [4.78, 5) is 81.0. The fourth-order valence-corrected chi connectivity index (χ4v) is 6.82. The maximum atomic E-state index is 14.0. The van der Waals surface area contributed by atoms with Crippen molar-refractivity contribution in [2.24, 2.45) is 23.3 Å². The van der Waals surface area contributed by atoms with Gasteiger partial charge in [0.1, 0.15) is 11.6 Å². The molecule has 1 spiro atoms. The molecule has 2 aliphatic rings. The van der Waals surface area contributed by atoms with Crippen molar-refractivity contribution in [2.75, 3.05) is 19.6 Å². The van der Waals surface area contributed by atoms with Gasteiger partial charge in [-0.15, -0.1) is 0 Å². The van der Waals surface area contributed by atoms with Crippen molar-refractivity contribution in [2.45, 2.75) is 95.3 Å². The number of unbranched alkanes of at least 4 members (excludes halogenated alkanes) is 1. The minimum atomic E-state index is -1.04. The molecule has 276 valence electrons. The highest BCUT2D eigenvalue weighted by Crippen LogP contribution is 2.27. The summed E-state index contributed by atoms with van der Waals surface area (Å²) in [7, 11) is 0. The number of imide groups is 1. The Morgan fingerprint density at radius 1 is 0.843 bits per heavy atom. The molecule has 51 heavy (non-hydrogen) atoms. The van der Waals surface area contributed by atoms with Crippen LogP contribution >= 0.6 is 0 Å². The van der Waals surface area contributed by atoms with Gasteiger partial charge in [0, 0.05) is 25.4 Å². The summed E-state index contributed by atoms with van der Waals surface area (Å²) in [6.07, 6.45) is 2.92. The van der Waals surface area contributed by atoms with E-state index < -0.39 is 53.3 Å². The fraction of sp³-hybridized carbons (Fsp3) is 0.526. The molecule has 0 aromatic heterocycles. The summed E-state index contributed by atoms with van der Waals surface area (Å²) in [5.74, 6) is -2.54. The second-order valence-corrected chi connectivity index (χ2v) is 14.2. The Hall–Kier alpha value is -4.62. The number of rotatable bonds is 18. The van der Waals surface area contributed by atoms with Crippen LogP contribution in [0.1, 0.15) is 69.9 Å². The first kappa shape index (κ1) is 39.2. The molecule has 0 unspecified atom stereocenters. The summed E-state index contributed by atoms with van der Waals surface area (Å²) in [5, 5.41) is 10.8. The SMILES string of the molecule is CC(C)C[C@@H](CC(=O)[C@@H](Cc1ccccc1)NC(=O)[C@H](N)Cc1ccccc1)C(=O)N[C@H](CCCCN)C(=O)N1CCC2(CC1)NC(=O)NC2=O. The Morgan fingerprint density at radius 3 is 1.98 bits per heavy atom. The van der Waals surface area contributed by atoms with E-state index >= 15 is 0 Å². The second-order valence-electron chi connectivity index (χ2n) is 14.2. The fourth-order valence-electron chi connectivity index (χ4n) is 6.82.